The maximum Gasteiger partial charge on any atom is 0.302 e. The molecule has 0 aliphatic heterocycles. The van der Waals surface area contributed by atoms with Crippen LogP contribution in [0.1, 0.15) is 12.5 Å². The van der Waals surface area contributed by atoms with Gasteiger partial charge >= 0.3 is 5.97 Å². The summed E-state index contributed by atoms with van der Waals surface area (Å²) in [5, 5.41) is 14.0. The molecule has 18 heavy (non-hydrogen) atoms. The number of rotatable bonds is 6. The molecule has 0 saturated heterocycles. The van der Waals surface area contributed by atoms with E-state index in [1.165, 1.54) is 11.9 Å². The third-order valence-electron chi connectivity index (χ3n) is 2.11. The Labute approximate surface area is 106 Å². The number of esters is 1. The maximum atomic E-state index is 10.6. The first kappa shape index (κ1) is 13.7. The van der Waals surface area contributed by atoms with Gasteiger partial charge in [-0.1, -0.05) is 30.3 Å². The van der Waals surface area contributed by atoms with Crippen LogP contribution in [0.15, 0.2) is 35.4 Å². The third-order valence-corrected chi connectivity index (χ3v) is 2.11. The molecule has 0 radical (unpaired) electrons. The quantitative estimate of drug-likeness (QED) is 0.251. The standard InChI is InChI=1S/C13H15N3O2/c1-12(17)18-10-9-16(11-14)15-8-7-13-5-3-2-4-6-13/h2-6,8H,7,9-10H2,1H3/b15-8+. The van der Waals surface area contributed by atoms with Crippen molar-refractivity contribution in [3.05, 3.63) is 35.9 Å². The summed E-state index contributed by atoms with van der Waals surface area (Å²) in [5.74, 6) is -0.360. The van der Waals surface area contributed by atoms with Crippen molar-refractivity contribution in [3.8, 4) is 6.19 Å². The predicted octanol–water partition coefficient (Wildman–Crippen LogP) is 1.56. The van der Waals surface area contributed by atoms with Crippen molar-refractivity contribution in [2.24, 2.45) is 5.10 Å². The number of ether oxygens (including phenoxy) is 1. The molecular formula is C13H15N3O2. The Morgan fingerprint density at radius 3 is 2.83 bits per heavy atom. The fraction of sp³-hybridized carbons (Fsp3) is 0.308. The first-order chi connectivity index (χ1) is 8.72. The van der Waals surface area contributed by atoms with Crippen LogP contribution in [0.3, 0.4) is 0 Å². The summed E-state index contributed by atoms with van der Waals surface area (Å²) >= 11 is 0. The van der Waals surface area contributed by atoms with E-state index in [0.717, 1.165) is 5.56 Å². The van der Waals surface area contributed by atoms with Gasteiger partial charge in [-0.05, 0) is 5.56 Å². The van der Waals surface area contributed by atoms with Gasteiger partial charge < -0.3 is 4.74 Å². The Kier molecular flexibility index (Phi) is 5.98. The topological polar surface area (TPSA) is 65.7 Å². The molecular weight excluding hydrogens is 230 g/mol. The van der Waals surface area contributed by atoms with E-state index in [0.29, 0.717) is 6.42 Å². The molecule has 0 aliphatic carbocycles. The lowest BCUT2D eigenvalue weighted by molar-refractivity contribution is -0.141. The van der Waals surface area contributed by atoms with Gasteiger partial charge in [-0.15, -0.1) is 0 Å². The maximum absolute atomic E-state index is 10.6. The number of carbonyl (C=O) groups is 1. The fourth-order valence-electron chi connectivity index (χ4n) is 1.27. The first-order valence-electron chi connectivity index (χ1n) is 5.59. The predicted molar refractivity (Wildman–Crippen MR) is 67.6 cm³/mol. The minimum atomic E-state index is -0.360. The molecule has 0 fully saturated rings. The van der Waals surface area contributed by atoms with Gasteiger partial charge in [0.1, 0.15) is 6.61 Å². The molecule has 0 bridgehead atoms. The molecule has 0 saturated carbocycles. The van der Waals surface area contributed by atoms with Crippen molar-refractivity contribution in [3.63, 3.8) is 0 Å². The summed E-state index contributed by atoms with van der Waals surface area (Å²) in [7, 11) is 0. The van der Waals surface area contributed by atoms with Gasteiger partial charge in [-0.3, -0.25) is 4.79 Å². The van der Waals surface area contributed by atoms with Crippen LogP contribution in [0.2, 0.25) is 0 Å². The Morgan fingerprint density at radius 1 is 1.50 bits per heavy atom. The van der Waals surface area contributed by atoms with Crippen molar-refractivity contribution in [1.82, 2.24) is 5.01 Å². The third kappa shape index (κ3) is 5.66. The number of hydrogen-bond donors (Lipinski definition) is 0. The van der Waals surface area contributed by atoms with Crippen LogP contribution in [-0.2, 0) is 16.0 Å². The van der Waals surface area contributed by atoms with Crippen molar-refractivity contribution in [2.75, 3.05) is 13.2 Å². The molecule has 0 amide bonds. The van der Waals surface area contributed by atoms with E-state index < -0.39 is 0 Å². The normalized spacial score (nSPS) is 10.0. The van der Waals surface area contributed by atoms with E-state index >= 15 is 0 Å². The van der Waals surface area contributed by atoms with E-state index in [-0.39, 0.29) is 19.1 Å². The zero-order valence-electron chi connectivity index (χ0n) is 10.2. The summed E-state index contributed by atoms with van der Waals surface area (Å²) in [6.07, 6.45) is 4.22. The highest BCUT2D eigenvalue weighted by atomic mass is 16.5. The number of hydrogen-bond acceptors (Lipinski definition) is 5. The smallest absolute Gasteiger partial charge is 0.302 e. The van der Waals surface area contributed by atoms with E-state index in [4.69, 9.17) is 10.00 Å². The monoisotopic (exact) mass is 245 g/mol. The summed E-state index contributed by atoms with van der Waals surface area (Å²) in [6.45, 7) is 1.75. The molecule has 94 valence electrons. The van der Waals surface area contributed by atoms with Crippen LogP contribution >= 0.6 is 0 Å². The Morgan fingerprint density at radius 2 is 2.22 bits per heavy atom. The first-order valence-corrected chi connectivity index (χ1v) is 5.59. The van der Waals surface area contributed by atoms with Gasteiger partial charge in [-0.25, -0.2) is 0 Å². The molecule has 1 aromatic rings. The van der Waals surface area contributed by atoms with Crippen LogP contribution in [-0.4, -0.2) is 30.3 Å². The Hall–Kier alpha value is -2.35. The van der Waals surface area contributed by atoms with Crippen molar-refractivity contribution < 1.29 is 9.53 Å². The molecule has 0 heterocycles. The van der Waals surface area contributed by atoms with Crippen molar-refractivity contribution in [1.29, 1.82) is 5.26 Å². The number of nitriles is 1. The zero-order chi connectivity index (χ0) is 13.2. The van der Waals surface area contributed by atoms with Gasteiger partial charge in [0.25, 0.3) is 0 Å². The second-order valence-corrected chi connectivity index (χ2v) is 3.55. The molecule has 1 aromatic carbocycles. The zero-order valence-corrected chi connectivity index (χ0v) is 10.2. The Bertz CT molecular complexity index is 437. The number of carbonyl (C=O) groups excluding carboxylic acids is 1. The van der Waals surface area contributed by atoms with E-state index in [9.17, 15) is 4.79 Å². The van der Waals surface area contributed by atoms with Gasteiger partial charge in [0, 0.05) is 19.6 Å². The minimum Gasteiger partial charge on any atom is -0.464 e. The molecule has 0 N–H and O–H groups in total. The van der Waals surface area contributed by atoms with Crippen LogP contribution in [0, 0.1) is 11.5 Å². The molecule has 5 nitrogen and oxygen atoms in total. The molecule has 5 heteroatoms. The minimum absolute atomic E-state index is 0.158. The van der Waals surface area contributed by atoms with E-state index in [2.05, 4.69) is 5.10 Å². The summed E-state index contributed by atoms with van der Waals surface area (Å²) < 4.78 is 4.73. The molecule has 0 unspecified atom stereocenters. The van der Waals surface area contributed by atoms with Gasteiger partial charge in [-0.2, -0.15) is 15.4 Å². The summed E-state index contributed by atoms with van der Waals surface area (Å²) in [6, 6.07) is 9.82. The number of nitrogens with zero attached hydrogens (tertiary/aromatic N) is 3. The lowest BCUT2D eigenvalue weighted by Gasteiger charge is -2.08. The van der Waals surface area contributed by atoms with E-state index in [1.807, 2.05) is 36.5 Å². The summed E-state index contributed by atoms with van der Waals surface area (Å²) in [4.78, 5) is 10.6. The van der Waals surface area contributed by atoms with Crippen molar-refractivity contribution >= 4 is 12.2 Å². The van der Waals surface area contributed by atoms with Crippen LogP contribution in [0.5, 0.6) is 0 Å². The molecule has 0 atom stereocenters. The summed E-state index contributed by atoms with van der Waals surface area (Å²) in [5.41, 5.74) is 1.12. The Balaban J connectivity index is 2.34. The largest absolute Gasteiger partial charge is 0.464 e. The molecule has 1 rings (SSSR count). The van der Waals surface area contributed by atoms with Crippen molar-refractivity contribution in [2.45, 2.75) is 13.3 Å². The average molecular weight is 245 g/mol. The van der Waals surface area contributed by atoms with Gasteiger partial charge in [0.05, 0.1) is 6.54 Å². The SMILES string of the molecule is CC(=O)OCCN(C#N)/N=C/Cc1ccccc1. The van der Waals surface area contributed by atoms with E-state index in [1.54, 1.807) is 6.21 Å². The van der Waals surface area contributed by atoms with Gasteiger partial charge in [0.2, 0.25) is 6.19 Å². The molecule has 0 aromatic heterocycles. The average Bonchev–Trinajstić information content (AvgIpc) is 2.38. The second-order valence-electron chi connectivity index (χ2n) is 3.55. The van der Waals surface area contributed by atoms with Crippen LogP contribution < -0.4 is 0 Å². The van der Waals surface area contributed by atoms with Crippen LogP contribution in [0.4, 0.5) is 0 Å². The number of hydrazone groups is 1. The highest BCUT2D eigenvalue weighted by molar-refractivity contribution is 5.65. The molecule has 0 aliphatic rings. The highest BCUT2D eigenvalue weighted by Crippen LogP contribution is 1.98. The molecule has 0 spiro atoms. The van der Waals surface area contributed by atoms with Gasteiger partial charge in [0.15, 0.2) is 0 Å². The van der Waals surface area contributed by atoms with Crippen LogP contribution in [0.25, 0.3) is 0 Å². The second kappa shape index (κ2) is 7.85. The lowest BCUT2D eigenvalue weighted by Crippen LogP contribution is -2.18. The highest BCUT2D eigenvalue weighted by Gasteiger charge is 1.99. The number of benzene rings is 1. The fourth-order valence-corrected chi connectivity index (χ4v) is 1.27. The lowest BCUT2D eigenvalue weighted by atomic mass is 10.2.